The summed E-state index contributed by atoms with van der Waals surface area (Å²) in [5, 5.41) is 0. The van der Waals surface area contributed by atoms with Crippen molar-refractivity contribution in [2.75, 3.05) is 0 Å². The first-order valence-electron chi connectivity index (χ1n) is 9.02. The van der Waals surface area contributed by atoms with E-state index in [0.29, 0.717) is 18.4 Å². The van der Waals surface area contributed by atoms with Crippen molar-refractivity contribution in [2.45, 2.75) is 83.0 Å². The molecule has 2 bridgehead atoms. The van der Waals surface area contributed by atoms with Gasteiger partial charge in [-0.25, -0.2) is 4.79 Å². The van der Waals surface area contributed by atoms with Crippen LogP contribution in [0.15, 0.2) is 23.8 Å². The molecular weight excluding hydrogens is 304 g/mol. The largest absolute Gasteiger partial charge is 0.448 e. The number of ether oxygens (including phenoxy) is 2. The highest BCUT2D eigenvalue weighted by molar-refractivity contribution is 5.94. The minimum Gasteiger partial charge on any atom is -0.448 e. The third-order valence-corrected chi connectivity index (χ3v) is 6.05. The van der Waals surface area contributed by atoms with Crippen molar-refractivity contribution >= 4 is 11.8 Å². The van der Waals surface area contributed by atoms with Crippen LogP contribution in [0.4, 0.5) is 0 Å². The van der Waals surface area contributed by atoms with Crippen LogP contribution in [0.25, 0.3) is 0 Å². The lowest BCUT2D eigenvalue weighted by Crippen LogP contribution is -2.39. The van der Waals surface area contributed by atoms with Gasteiger partial charge in [0.2, 0.25) is 0 Å². The molecule has 3 aliphatic rings. The van der Waals surface area contributed by atoms with Crippen molar-refractivity contribution < 1.29 is 19.1 Å². The van der Waals surface area contributed by atoms with Crippen LogP contribution in [0.5, 0.6) is 0 Å². The Morgan fingerprint density at radius 1 is 1.21 bits per heavy atom. The van der Waals surface area contributed by atoms with E-state index in [1.165, 1.54) is 5.57 Å². The molecule has 0 aromatic rings. The van der Waals surface area contributed by atoms with Crippen LogP contribution in [-0.2, 0) is 19.1 Å². The molecule has 0 saturated carbocycles. The molecule has 2 aliphatic heterocycles. The summed E-state index contributed by atoms with van der Waals surface area (Å²) in [6.07, 6.45) is 7.56. The monoisotopic (exact) mass is 332 g/mol. The summed E-state index contributed by atoms with van der Waals surface area (Å²) < 4.78 is 11.5. The molecule has 24 heavy (non-hydrogen) atoms. The predicted molar refractivity (Wildman–Crippen MR) is 91.5 cm³/mol. The summed E-state index contributed by atoms with van der Waals surface area (Å²) in [5.41, 5.74) is 0.601. The molecule has 0 spiro atoms. The van der Waals surface area contributed by atoms with Crippen molar-refractivity contribution in [3.63, 3.8) is 0 Å². The van der Waals surface area contributed by atoms with Gasteiger partial charge in [-0.3, -0.25) is 4.79 Å². The Morgan fingerprint density at radius 3 is 2.71 bits per heavy atom. The molecule has 0 N–H and O–H groups in total. The van der Waals surface area contributed by atoms with E-state index in [1.54, 1.807) is 6.92 Å². The normalized spacial score (nSPS) is 41.0. The van der Waals surface area contributed by atoms with Crippen LogP contribution in [0.3, 0.4) is 0 Å². The molecule has 0 aromatic heterocycles. The van der Waals surface area contributed by atoms with E-state index >= 15 is 0 Å². The van der Waals surface area contributed by atoms with Crippen LogP contribution in [0.2, 0.25) is 0 Å². The maximum atomic E-state index is 12.7. The summed E-state index contributed by atoms with van der Waals surface area (Å²) >= 11 is 0. The summed E-state index contributed by atoms with van der Waals surface area (Å²) in [6, 6.07) is 0. The van der Waals surface area contributed by atoms with E-state index in [1.807, 2.05) is 0 Å². The van der Waals surface area contributed by atoms with Crippen LogP contribution in [0, 0.1) is 5.92 Å². The van der Waals surface area contributed by atoms with Crippen molar-refractivity contribution in [2.24, 2.45) is 5.92 Å². The number of allylic oxidation sites excluding steroid dienone is 2. The van der Waals surface area contributed by atoms with E-state index in [0.717, 1.165) is 32.1 Å². The smallest absolute Gasteiger partial charge is 0.334 e. The number of hydrogen-bond acceptors (Lipinski definition) is 4. The predicted octanol–water partition coefficient (Wildman–Crippen LogP) is 3.89. The van der Waals surface area contributed by atoms with E-state index in [2.05, 4.69) is 26.5 Å². The average Bonchev–Trinajstić information content (AvgIpc) is 3.18. The Bertz CT molecular complexity index is 605. The van der Waals surface area contributed by atoms with E-state index in [9.17, 15) is 9.59 Å². The molecule has 2 heterocycles. The van der Waals surface area contributed by atoms with Gasteiger partial charge in [-0.2, -0.15) is 0 Å². The van der Waals surface area contributed by atoms with Gasteiger partial charge in [0.15, 0.2) is 11.4 Å². The molecule has 4 unspecified atom stereocenters. The van der Waals surface area contributed by atoms with Crippen LogP contribution >= 0.6 is 0 Å². The molecular formula is C20H28O4. The van der Waals surface area contributed by atoms with Crippen molar-refractivity contribution in [1.82, 2.24) is 0 Å². The topological polar surface area (TPSA) is 55.9 Å². The minimum absolute atomic E-state index is 0.0154. The molecule has 4 atom stereocenters. The molecule has 0 radical (unpaired) electrons. The van der Waals surface area contributed by atoms with Gasteiger partial charge in [0, 0.05) is 12.0 Å². The third-order valence-electron chi connectivity index (χ3n) is 6.05. The first kappa shape index (κ1) is 17.4. The minimum atomic E-state index is -1.02. The number of Topliss-reactive ketones (excluding diaryl/α,β-unsaturated/α-hetero) is 1. The third kappa shape index (κ3) is 3.34. The number of hydrogen-bond donors (Lipinski definition) is 0. The SMILES string of the molecule is C=C1C(=O)OC2(C)CCC1CC1OC1(C)CCC=C(C)CCC2=O. The lowest BCUT2D eigenvalue weighted by atomic mass is 9.83. The van der Waals surface area contributed by atoms with Gasteiger partial charge in [0.1, 0.15) is 0 Å². The Balaban J connectivity index is 1.86. The van der Waals surface area contributed by atoms with Crippen LogP contribution in [-0.4, -0.2) is 29.1 Å². The zero-order chi connectivity index (χ0) is 17.5. The fraction of sp³-hybridized carbons (Fsp3) is 0.700. The van der Waals surface area contributed by atoms with E-state index < -0.39 is 11.6 Å². The number of fused-ring (bicyclic) bond motifs is 4. The number of rotatable bonds is 0. The highest BCUT2D eigenvalue weighted by Crippen LogP contribution is 2.46. The Labute approximate surface area is 144 Å². The summed E-state index contributed by atoms with van der Waals surface area (Å²) in [4.78, 5) is 25.1. The lowest BCUT2D eigenvalue weighted by molar-refractivity contribution is -0.161. The lowest BCUT2D eigenvalue weighted by Gasteiger charge is -2.26. The zero-order valence-electron chi connectivity index (χ0n) is 15.0. The van der Waals surface area contributed by atoms with Crippen molar-refractivity contribution in [3.05, 3.63) is 23.8 Å². The van der Waals surface area contributed by atoms with Crippen molar-refractivity contribution in [3.8, 4) is 0 Å². The van der Waals surface area contributed by atoms with Gasteiger partial charge in [-0.15, -0.1) is 0 Å². The molecule has 0 amide bonds. The summed E-state index contributed by atoms with van der Waals surface area (Å²) in [6.45, 7) is 9.92. The summed E-state index contributed by atoms with van der Waals surface area (Å²) in [5.74, 6) is -0.362. The highest BCUT2D eigenvalue weighted by atomic mass is 16.6. The Kier molecular flexibility index (Phi) is 4.45. The van der Waals surface area contributed by atoms with Gasteiger partial charge in [-0.1, -0.05) is 18.2 Å². The number of esters is 1. The second-order valence-electron chi connectivity index (χ2n) is 8.05. The van der Waals surface area contributed by atoms with Crippen molar-refractivity contribution in [1.29, 1.82) is 0 Å². The maximum absolute atomic E-state index is 12.7. The van der Waals surface area contributed by atoms with Gasteiger partial charge in [0.25, 0.3) is 0 Å². The molecule has 1 aliphatic carbocycles. The van der Waals surface area contributed by atoms with E-state index in [4.69, 9.17) is 9.47 Å². The number of carbonyl (C=O) groups is 2. The maximum Gasteiger partial charge on any atom is 0.334 e. The fourth-order valence-corrected chi connectivity index (χ4v) is 3.92. The molecule has 2 fully saturated rings. The van der Waals surface area contributed by atoms with Crippen LogP contribution < -0.4 is 0 Å². The second-order valence-corrected chi connectivity index (χ2v) is 8.05. The number of epoxide rings is 1. The molecule has 2 saturated heterocycles. The molecule has 4 nitrogen and oxygen atoms in total. The second kappa shape index (κ2) is 6.14. The first-order chi connectivity index (χ1) is 11.2. The Hall–Kier alpha value is -1.42. The standard InChI is InChI=1S/C20H28O4/c1-13-6-5-10-20(4)17(23-20)12-15-9-11-19(3,16(21)8-7-13)24-18(22)14(15)2/h6,15,17H,2,5,7-12H2,1,3-4H3. The molecule has 3 rings (SSSR count). The number of carbonyl (C=O) groups excluding carboxylic acids is 2. The molecule has 4 heteroatoms. The molecule has 132 valence electrons. The van der Waals surface area contributed by atoms with Crippen LogP contribution in [0.1, 0.15) is 65.7 Å². The van der Waals surface area contributed by atoms with Gasteiger partial charge >= 0.3 is 5.97 Å². The van der Waals surface area contributed by atoms with Gasteiger partial charge in [0.05, 0.1) is 11.7 Å². The summed E-state index contributed by atoms with van der Waals surface area (Å²) in [7, 11) is 0. The number of ketones is 1. The zero-order valence-corrected chi connectivity index (χ0v) is 15.0. The average molecular weight is 332 g/mol. The van der Waals surface area contributed by atoms with Gasteiger partial charge < -0.3 is 9.47 Å². The fourth-order valence-electron chi connectivity index (χ4n) is 3.92. The Morgan fingerprint density at radius 2 is 1.96 bits per heavy atom. The first-order valence-corrected chi connectivity index (χ1v) is 9.02. The quantitative estimate of drug-likeness (QED) is 0.292. The molecule has 0 aromatic carbocycles. The van der Waals surface area contributed by atoms with E-state index in [-0.39, 0.29) is 23.4 Å². The van der Waals surface area contributed by atoms with Gasteiger partial charge in [-0.05, 0) is 65.2 Å². The highest BCUT2D eigenvalue weighted by Gasteiger charge is 2.53.